The maximum absolute atomic E-state index is 13.8. The number of benzene rings is 2. The first-order chi connectivity index (χ1) is 17.6. The zero-order chi connectivity index (χ0) is 26.5. The fraction of sp³-hybridized carbons (Fsp3) is 0.600. The van der Waals surface area contributed by atoms with E-state index in [1.807, 2.05) is 12.1 Å². The van der Waals surface area contributed by atoms with Crippen LogP contribution >= 0.6 is 0 Å². The lowest BCUT2D eigenvalue weighted by atomic mass is 9.78. The summed E-state index contributed by atoms with van der Waals surface area (Å²) in [5, 5.41) is 0. The van der Waals surface area contributed by atoms with E-state index >= 15 is 0 Å². The molecule has 2 saturated carbocycles. The average Bonchev–Trinajstić information content (AvgIpc) is 2.88. The highest BCUT2D eigenvalue weighted by molar-refractivity contribution is 5.29. The molecule has 0 atom stereocenters. The maximum Gasteiger partial charge on any atom is 0.527 e. The van der Waals surface area contributed by atoms with Crippen molar-refractivity contribution in [3.05, 3.63) is 70.8 Å². The summed E-state index contributed by atoms with van der Waals surface area (Å²) in [4.78, 5) is 0. The third kappa shape index (κ3) is 8.00. The molecule has 0 radical (unpaired) electrons. The van der Waals surface area contributed by atoms with Gasteiger partial charge in [0.25, 0.3) is 0 Å². The van der Waals surface area contributed by atoms with Crippen LogP contribution in [0.4, 0.5) is 22.0 Å². The number of ether oxygens (including phenoxy) is 2. The van der Waals surface area contributed by atoms with Gasteiger partial charge >= 0.3 is 12.5 Å². The predicted molar refractivity (Wildman–Crippen MR) is 134 cm³/mol. The summed E-state index contributed by atoms with van der Waals surface area (Å²) in [5.41, 5.74) is 4.99. The molecule has 0 bridgehead atoms. The van der Waals surface area contributed by atoms with Crippen LogP contribution in [-0.2, 0) is 22.3 Å². The molecule has 0 aromatic heterocycles. The molecule has 0 unspecified atom stereocenters. The van der Waals surface area contributed by atoms with Gasteiger partial charge in [0.15, 0.2) is 0 Å². The van der Waals surface area contributed by atoms with Crippen molar-refractivity contribution < 1.29 is 31.4 Å². The van der Waals surface area contributed by atoms with E-state index in [2.05, 4.69) is 48.1 Å². The smallest absolute Gasteiger partial charge is 0.379 e. The molecule has 4 rings (SSSR count). The molecule has 2 aliphatic carbocycles. The highest BCUT2D eigenvalue weighted by Crippen LogP contribution is 2.45. The van der Waals surface area contributed by atoms with Crippen molar-refractivity contribution in [2.75, 3.05) is 6.61 Å². The first-order valence-corrected chi connectivity index (χ1v) is 13.6. The van der Waals surface area contributed by atoms with Crippen LogP contribution in [0.1, 0.15) is 92.4 Å². The molecule has 0 spiro atoms. The summed E-state index contributed by atoms with van der Waals surface area (Å²) >= 11 is 0. The fourth-order valence-corrected chi connectivity index (χ4v) is 6.00. The molecule has 204 valence electrons. The minimum absolute atomic E-state index is 0.0133. The molecular weight excluding hydrogens is 487 g/mol. The van der Waals surface area contributed by atoms with E-state index in [1.165, 1.54) is 29.5 Å². The van der Waals surface area contributed by atoms with Crippen LogP contribution in [0.5, 0.6) is 0 Å². The van der Waals surface area contributed by atoms with Crippen molar-refractivity contribution in [3.63, 3.8) is 0 Å². The van der Waals surface area contributed by atoms with Gasteiger partial charge in [-0.1, -0.05) is 48.5 Å². The normalized spacial score (nSPS) is 25.2. The van der Waals surface area contributed by atoms with Crippen molar-refractivity contribution >= 4 is 0 Å². The summed E-state index contributed by atoms with van der Waals surface area (Å²) in [5.74, 6) is -0.693. The zero-order valence-corrected chi connectivity index (χ0v) is 21.4. The van der Waals surface area contributed by atoms with E-state index in [-0.39, 0.29) is 18.8 Å². The first kappa shape index (κ1) is 28.0. The van der Waals surface area contributed by atoms with E-state index in [1.54, 1.807) is 0 Å². The van der Waals surface area contributed by atoms with Crippen molar-refractivity contribution in [1.29, 1.82) is 0 Å². The lowest BCUT2D eigenvalue weighted by Crippen LogP contribution is -2.38. The minimum Gasteiger partial charge on any atom is -0.379 e. The Morgan fingerprint density at radius 3 is 1.49 bits per heavy atom. The van der Waals surface area contributed by atoms with E-state index in [9.17, 15) is 22.0 Å². The Kier molecular flexibility index (Phi) is 9.28. The summed E-state index contributed by atoms with van der Waals surface area (Å²) in [6.07, 6.45) is -1.71. The first-order valence-electron chi connectivity index (χ1n) is 13.6. The quantitative estimate of drug-likeness (QED) is 0.305. The van der Waals surface area contributed by atoms with Gasteiger partial charge in [-0.3, -0.25) is 0 Å². The Balaban J connectivity index is 1.22. The highest BCUT2D eigenvalue weighted by atomic mass is 19.4. The molecule has 2 aromatic rings. The topological polar surface area (TPSA) is 18.5 Å². The number of halogens is 5. The molecular formula is C30H37F5O2. The Morgan fingerprint density at radius 1 is 0.649 bits per heavy atom. The van der Waals surface area contributed by atoms with Gasteiger partial charge < -0.3 is 4.74 Å². The number of aryl methyl sites for hydroxylation is 2. The molecule has 0 saturated heterocycles. The molecule has 2 aliphatic rings. The van der Waals surface area contributed by atoms with E-state index in [0.717, 1.165) is 37.9 Å². The second-order valence-corrected chi connectivity index (χ2v) is 10.6. The minimum atomic E-state index is -5.33. The molecule has 0 N–H and O–H groups in total. The largest absolute Gasteiger partial charge is 0.527 e. The van der Waals surface area contributed by atoms with Gasteiger partial charge in [-0.2, -0.15) is 8.78 Å². The monoisotopic (exact) mass is 524 g/mol. The van der Waals surface area contributed by atoms with Gasteiger partial charge in [-0.25, -0.2) is 4.74 Å². The van der Waals surface area contributed by atoms with Crippen LogP contribution < -0.4 is 0 Å². The Hall–Kier alpha value is -1.99. The van der Waals surface area contributed by atoms with E-state index < -0.39 is 18.4 Å². The number of alkyl halides is 5. The predicted octanol–water partition coefficient (Wildman–Crippen LogP) is 8.94. The summed E-state index contributed by atoms with van der Waals surface area (Å²) in [6.45, 7) is 2.85. The van der Waals surface area contributed by atoms with Crippen molar-refractivity contribution in [2.24, 2.45) is 5.92 Å². The van der Waals surface area contributed by atoms with Crippen molar-refractivity contribution in [3.8, 4) is 0 Å². The number of hydrogen-bond donors (Lipinski definition) is 0. The summed E-state index contributed by atoms with van der Waals surface area (Å²) in [6, 6.07) is 17.2. The van der Waals surface area contributed by atoms with E-state index in [4.69, 9.17) is 4.74 Å². The molecule has 0 amide bonds. The maximum atomic E-state index is 13.8. The van der Waals surface area contributed by atoms with Gasteiger partial charge in [0.2, 0.25) is 0 Å². The molecule has 37 heavy (non-hydrogen) atoms. The molecule has 2 fully saturated rings. The standard InChI is InChI=1S/C30H37F5O2/c1-2-36-28-19-15-26(16-20-28)24-11-7-22(8-12-24)4-3-21-5-9-23(10-6-21)25-13-17-27(18-14-25)29(31,32)37-30(33,34)35/h5-12,25-28H,2-4,13-20H2,1H3. The number of rotatable bonds is 9. The molecule has 7 heteroatoms. The molecule has 0 heterocycles. The molecule has 0 aliphatic heterocycles. The van der Waals surface area contributed by atoms with Crippen LogP contribution in [0, 0.1) is 5.92 Å². The Labute approximate surface area is 216 Å². The summed E-state index contributed by atoms with van der Waals surface area (Å²) < 4.78 is 73.3. The highest BCUT2D eigenvalue weighted by Gasteiger charge is 2.50. The van der Waals surface area contributed by atoms with Crippen LogP contribution in [0.15, 0.2) is 48.5 Å². The van der Waals surface area contributed by atoms with Crippen LogP contribution in [0.2, 0.25) is 0 Å². The molecule has 2 aromatic carbocycles. The Morgan fingerprint density at radius 2 is 1.08 bits per heavy atom. The summed E-state index contributed by atoms with van der Waals surface area (Å²) in [7, 11) is 0. The SMILES string of the molecule is CCOC1CCC(c2ccc(CCc3ccc(C4CCC(C(F)(F)OC(F)(F)F)CC4)cc3)cc2)CC1. The van der Waals surface area contributed by atoms with E-state index in [0.29, 0.717) is 24.9 Å². The van der Waals surface area contributed by atoms with Gasteiger partial charge in [-0.15, -0.1) is 13.2 Å². The lowest BCUT2D eigenvalue weighted by molar-refractivity contribution is -0.438. The van der Waals surface area contributed by atoms with Gasteiger partial charge in [0, 0.05) is 6.61 Å². The van der Waals surface area contributed by atoms with Gasteiger partial charge in [0.05, 0.1) is 12.0 Å². The third-order valence-electron chi connectivity index (χ3n) is 8.14. The lowest BCUT2D eigenvalue weighted by Gasteiger charge is -2.33. The third-order valence-corrected chi connectivity index (χ3v) is 8.14. The van der Waals surface area contributed by atoms with Gasteiger partial charge in [0.1, 0.15) is 0 Å². The Bertz CT molecular complexity index is 955. The second kappa shape index (κ2) is 12.2. The van der Waals surface area contributed by atoms with Crippen LogP contribution in [-0.4, -0.2) is 25.2 Å². The van der Waals surface area contributed by atoms with Crippen molar-refractivity contribution in [2.45, 2.75) is 102 Å². The second-order valence-electron chi connectivity index (χ2n) is 10.6. The average molecular weight is 525 g/mol. The molecule has 2 nitrogen and oxygen atoms in total. The zero-order valence-electron chi connectivity index (χ0n) is 21.4. The van der Waals surface area contributed by atoms with Crippen LogP contribution in [0.3, 0.4) is 0 Å². The van der Waals surface area contributed by atoms with Crippen LogP contribution in [0.25, 0.3) is 0 Å². The van der Waals surface area contributed by atoms with Crippen molar-refractivity contribution in [1.82, 2.24) is 0 Å². The number of hydrogen-bond acceptors (Lipinski definition) is 2. The fourth-order valence-electron chi connectivity index (χ4n) is 6.00. The van der Waals surface area contributed by atoms with Gasteiger partial charge in [-0.05, 0) is 105 Å².